The highest BCUT2D eigenvalue weighted by Crippen LogP contribution is 2.52. The third-order valence-corrected chi connectivity index (χ3v) is 7.41. The summed E-state index contributed by atoms with van der Waals surface area (Å²) in [7, 11) is 0. The molecule has 4 aromatic rings. The average molecular weight is 500 g/mol. The first kappa shape index (κ1) is 21.9. The summed E-state index contributed by atoms with van der Waals surface area (Å²) in [5, 5.41) is 7.70. The molecular formula is C29H23F2N3O3. The number of aromatic nitrogens is 1. The molecule has 3 N–H and O–H groups in total. The zero-order valence-electron chi connectivity index (χ0n) is 19.9. The zero-order chi connectivity index (χ0) is 25.4. The molecule has 1 amide bonds. The van der Waals surface area contributed by atoms with Crippen LogP contribution in [0.1, 0.15) is 46.8 Å². The molecule has 6 nitrogen and oxygen atoms in total. The van der Waals surface area contributed by atoms with Gasteiger partial charge >= 0.3 is 6.29 Å². The van der Waals surface area contributed by atoms with Gasteiger partial charge in [-0.15, -0.1) is 8.78 Å². The molecule has 37 heavy (non-hydrogen) atoms. The molecule has 0 bridgehead atoms. The molecule has 3 aliphatic rings. The smallest absolute Gasteiger partial charge is 0.395 e. The minimum Gasteiger partial charge on any atom is -0.395 e. The largest absolute Gasteiger partial charge is 0.586 e. The highest BCUT2D eigenvalue weighted by atomic mass is 19.3. The predicted molar refractivity (Wildman–Crippen MR) is 134 cm³/mol. The van der Waals surface area contributed by atoms with Gasteiger partial charge < -0.3 is 25.1 Å². The maximum Gasteiger partial charge on any atom is 0.586 e. The Morgan fingerprint density at radius 2 is 1.81 bits per heavy atom. The number of carbonyl (C=O) groups excluding carboxylic acids is 1. The van der Waals surface area contributed by atoms with Gasteiger partial charge in [-0.05, 0) is 83.8 Å². The van der Waals surface area contributed by atoms with Crippen molar-refractivity contribution >= 4 is 22.9 Å². The Hall–Kier alpha value is -4.33. The highest BCUT2D eigenvalue weighted by molar-refractivity contribution is 5.93. The van der Waals surface area contributed by atoms with Gasteiger partial charge in [0.2, 0.25) is 5.91 Å². The molecule has 1 aliphatic carbocycles. The number of fused-ring (bicyclic) bond motifs is 3. The number of ether oxygens (including phenoxy) is 2. The lowest BCUT2D eigenvalue weighted by atomic mass is 9.91. The number of H-pyrrole nitrogens is 1. The Morgan fingerprint density at radius 3 is 2.65 bits per heavy atom. The molecule has 186 valence electrons. The number of rotatable bonds is 4. The van der Waals surface area contributed by atoms with Crippen molar-refractivity contribution in [1.29, 1.82) is 0 Å². The molecule has 1 fully saturated rings. The first-order chi connectivity index (χ1) is 17.8. The van der Waals surface area contributed by atoms with Gasteiger partial charge in [-0.1, -0.05) is 36.4 Å². The summed E-state index contributed by atoms with van der Waals surface area (Å²) < 4.78 is 36.1. The van der Waals surface area contributed by atoms with Gasteiger partial charge in [0, 0.05) is 11.2 Å². The Bertz CT molecular complexity index is 1620. The number of carbonyl (C=O) groups is 1. The Morgan fingerprint density at radius 1 is 1.00 bits per heavy atom. The number of hydrogen-bond acceptors (Lipinski definition) is 4. The molecule has 2 aliphatic heterocycles. The summed E-state index contributed by atoms with van der Waals surface area (Å²) in [5.74, 6) is 0.320. The number of aromatic amines is 1. The number of alkyl halides is 2. The Kier molecular flexibility index (Phi) is 4.49. The summed E-state index contributed by atoms with van der Waals surface area (Å²) in [5.41, 5.74) is 5.22. The number of aryl methyl sites for hydroxylation is 1. The van der Waals surface area contributed by atoms with E-state index in [1.54, 1.807) is 6.07 Å². The van der Waals surface area contributed by atoms with Crippen LogP contribution in [0.25, 0.3) is 17.0 Å². The molecule has 1 saturated carbocycles. The Labute approximate surface area is 211 Å². The van der Waals surface area contributed by atoms with Crippen LogP contribution < -0.4 is 20.1 Å². The van der Waals surface area contributed by atoms with Gasteiger partial charge in [-0.25, -0.2) is 0 Å². The quantitative estimate of drug-likeness (QED) is 0.340. The molecule has 0 radical (unpaired) electrons. The SMILES string of the molecule is Cc1cc2cc(C3NC(NC(=O)C4(c5ccc6c(c5)OC(F)(F)O6)CC4)=Cc4ccccc43)ccc2[nH]1. The van der Waals surface area contributed by atoms with Gasteiger partial charge in [0.1, 0.15) is 5.82 Å². The van der Waals surface area contributed by atoms with E-state index in [1.807, 2.05) is 31.2 Å². The minimum atomic E-state index is -3.69. The van der Waals surface area contributed by atoms with Crippen LogP contribution in [-0.2, 0) is 10.2 Å². The van der Waals surface area contributed by atoms with E-state index >= 15 is 0 Å². The first-order valence-electron chi connectivity index (χ1n) is 12.2. The van der Waals surface area contributed by atoms with E-state index in [1.165, 1.54) is 12.1 Å². The third kappa shape index (κ3) is 3.63. The van der Waals surface area contributed by atoms with Crippen LogP contribution >= 0.6 is 0 Å². The highest BCUT2D eigenvalue weighted by Gasteiger charge is 2.53. The van der Waals surface area contributed by atoms with E-state index in [0.717, 1.165) is 33.3 Å². The fourth-order valence-electron chi connectivity index (χ4n) is 5.41. The van der Waals surface area contributed by atoms with Crippen LogP contribution in [0.4, 0.5) is 8.78 Å². The second-order valence-electron chi connectivity index (χ2n) is 9.93. The van der Waals surface area contributed by atoms with Crippen LogP contribution in [-0.4, -0.2) is 17.2 Å². The van der Waals surface area contributed by atoms with E-state index in [0.29, 0.717) is 24.2 Å². The molecular weight excluding hydrogens is 476 g/mol. The van der Waals surface area contributed by atoms with Crippen molar-refractivity contribution in [1.82, 2.24) is 15.6 Å². The summed E-state index contributed by atoms with van der Waals surface area (Å²) in [6.07, 6.45) is -0.530. The van der Waals surface area contributed by atoms with Crippen molar-refractivity contribution in [2.24, 2.45) is 0 Å². The van der Waals surface area contributed by atoms with E-state index in [2.05, 4.69) is 55.4 Å². The van der Waals surface area contributed by atoms with Gasteiger partial charge in [0.15, 0.2) is 11.5 Å². The van der Waals surface area contributed by atoms with E-state index in [9.17, 15) is 13.6 Å². The number of benzene rings is 3. The standard InChI is InChI=1S/C29H23F2N3O3/c1-16-12-19-13-18(6-8-22(19)32-16)26-21-5-3-2-4-17(21)14-25(33-26)34-27(35)28(10-11-28)20-7-9-23-24(15-20)37-29(30,31)36-23/h2-9,12-15,26,32-33H,10-11H2,1H3,(H,34,35). The summed E-state index contributed by atoms with van der Waals surface area (Å²) in [6, 6.07) is 20.9. The second kappa shape index (κ2) is 7.59. The number of hydrogen-bond donors (Lipinski definition) is 3. The fraction of sp³-hybridized carbons (Fsp3) is 0.207. The van der Waals surface area contributed by atoms with Crippen LogP contribution in [0.3, 0.4) is 0 Å². The molecule has 8 heteroatoms. The van der Waals surface area contributed by atoms with Gasteiger partial charge in [0.25, 0.3) is 0 Å². The third-order valence-electron chi connectivity index (χ3n) is 7.41. The molecule has 3 heterocycles. The maximum atomic E-state index is 13.5. The van der Waals surface area contributed by atoms with Crippen molar-refractivity contribution < 1.29 is 23.0 Å². The van der Waals surface area contributed by atoms with Crippen LogP contribution in [0, 0.1) is 6.92 Å². The van der Waals surface area contributed by atoms with Gasteiger partial charge in [-0.2, -0.15) is 0 Å². The molecule has 1 atom stereocenters. The summed E-state index contributed by atoms with van der Waals surface area (Å²) in [6.45, 7) is 2.03. The van der Waals surface area contributed by atoms with E-state index < -0.39 is 11.7 Å². The summed E-state index contributed by atoms with van der Waals surface area (Å²) >= 11 is 0. The molecule has 3 aromatic carbocycles. The lowest BCUT2D eigenvalue weighted by Gasteiger charge is -2.29. The normalized spacial score (nSPS) is 20.1. The minimum absolute atomic E-state index is 0.0318. The molecule has 0 spiro atoms. The monoisotopic (exact) mass is 499 g/mol. The summed E-state index contributed by atoms with van der Waals surface area (Å²) in [4.78, 5) is 16.9. The molecule has 7 rings (SSSR count). The average Bonchev–Trinajstić information content (AvgIpc) is 3.50. The van der Waals surface area contributed by atoms with Crippen molar-refractivity contribution in [2.75, 3.05) is 0 Å². The molecule has 1 unspecified atom stereocenters. The Balaban J connectivity index is 1.18. The van der Waals surface area contributed by atoms with Crippen LogP contribution in [0.15, 0.2) is 72.6 Å². The van der Waals surface area contributed by atoms with Crippen LogP contribution in [0.5, 0.6) is 11.5 Å². The first-order valence-corrected chi connectivity index (χ1v) is 12.2. The second-order valence-corrected chi connectivity index (χ2v) is 9.93. The lowest BCUT2D eigenvalue weighted by Crippen LogP contribution is -2.41. The molecule has 1 aromatic heterocycles. The predicted octanol–water partition coefficient (Wildman–Crippen LogP) is 5.64. The van der Waals surface area contributed by atoms with E-state index in [4.69, 9.17) is 0 Å². The molecule has 0 saturated heterocycles. The maximum absolute atomic E-state index is 13.5. The van der Waals surface area contributed by atoms with Gasteiger partial charge in [0.05, 0.1) is 11.5 Å². The van der Waals surface area contributed by atoms with Crippen molar-refractivity contribution in [3.8, 4) is 11.5 Å². The fourth-order valence-corrected chi connectivity index (χ4v) is 5.41. The number of amides is 1. The lowest BCUT2D eigenvalue weighted by molar-refractivity contribution is -0.286. The van der Waals surface area contributed by atoms with Crippen LogP contribution in [0.2, 0.25) is 0 Å². The van der Waals surface area contributed by atoms with Crippen molar-refractivity contribution in [2.45, 2.75) is 37.5 Å². The van der Waals surface area contributed by atoms with Gasteiger partial charge in [-0.3, -0.25) is 4.79 Å². The number of nitrogens with one attached hydrogen (secondary N) is 3. The van der Waals surface area contributed by atoms with Crippen molar-refractivity contribution in [3.63, 3.8) is 0 Å². The van der Waals surface area contributed by atoms with Crippen molar-refractivity contribution in [3.05, 3.63) is 100 Å². The number of halogens is 2. The van der Waals surface area contributed by atoms with E-state index in [-0.39, 0.29) is 23.4 Å². The topological polar surface area (TPSA) is 75.4 Å². The zero-order valence-corrected chi connectivity index (χ0v) is 19.9.